The molecule has 0 spiro atoms. The summed E-state index contributed by atoms with van der Waals surface area (Å²) in [5.41, 5.74) is 1.32. The second-order valence-electron chi connectivity index (χ2n) is 4.38. The van der Waals surface area contributed by atoms with Crippen LogP contribution in [0.3, 0.4) is 0 Å². The molecule has 2 rings (SSSR count). The number of rotatable bonds is 5. The largest absolute Gasteiger partial charge is 0.508 e. The van der Waals surface area contributed by atoms with Crippen molar-refractivity contribution in [1.29, 1.82) is 0 Å². The second kappa shape index (κ2) is 6.70. The molecule has 0 radical (unpaired) electrons. The molecule has 0 fully saturated rings. The lowest BCUT2D eigenvalue weighted by Crippen LogP contribution is -2.10. The van der Waals surface area contributed by atoms with Gasteiger partial charge >= 0.3 is 5.97 Å². The lowest BCUT2D eigenvalue weighted by Gasteiger charge is -2.12. The number of phenols is 1. The Morgan fingerprint density at radius 3 is 2.38 bits per heavy atom. The molecule has 2 N–H and O–H groups in total. The third kappa shape index (κ3) is 4.28. The molecular weight excluding hydrogens is 315 g/mol. The van der Waals surface area contributed by atoms with Gasteiger partial charge in [0.05, 0.1) is 0 Å². The van der Waals surface area contributed by atoms with E-state index in [2.05, 4.69) is 0 Å². The lowest BCUT2D eigenvalue weighted by atomic mass is 10.0. The van der Waals surface area contributed by atoms with Gasteiger partial charge in [0.15, 0.2) is 6.61 Å². The first kappa shape index (κ1) is 15.5. The minimum Gasteiger partial charge on any atom is -0.508 e. The van der Waals surface area contributed by atoms with Gasteiger partial charge in [-0.05, 0) is 35.9 Å². The number of phenolic OH excluding ortho intramolecular Hbond substituents is 1. The summed E-state index contributed by atoms with van der Waals surface area (Å²) in [6.07, 6.45) is 0.346. The average molecular weight is 327 g/mol. The fourth-order valence-corrected chi connectivity index (χ4v) is 2.22. The lowest BCUT2D eigenvalue weighted by molar-refractivity contribution is -0.139. The SMILES string of the molecule is O=C(O)COc1ccc(Cl)cc1Cc1ccc(Cl)cc1O. The molecule has 0 heterocycles. The van der Waals surface area contributed by atoms with Crippen LogP contribution in [-0.4, -0.2) is 22.8 Å². The number of hydrogen-bond donors (Lipinski definition) is 2. The van der Waals surface area contributed by atoms with E-state index in [1.165, 1.54) is 6.07 Å². The number of ether oxygens (including phenoxy) is 1. The summed E-state index contributed by atoms with van der Waals surface area (Å²) in [6, 6.07) is 9.70. The van der Waals surface area contributed by atoms with Gasteiger partial charge in [0.25, 0.3) is 0 Å². The maximum atomic E-state index is 10.6. The third-order valence-corrected chi connectivity index (χ3v) is 3.27. The monoisotopic (exact) mass is 326 g/mol. The Labute approximate surface area is 131 Å². The van der Waals surface area contributed by atoms with Gasteiger partial charge in [-0.3, -0.25) is 0 Å². The summed E-state index contributed by atoms with van der Waals surface area (Å²) >= 11 is 11.7. The summed E-state index contributed by atoms with van der Waals surface area (Å²) in [6.45, 7) is -0.443. The molecule has 0 aliphatic carbocycles. The van der Waals surface area contributed by atoms with Crippen LogP contribution in [0.1, 0.15) is 11.1 Å². The van der Waals surface area contributed by atoms with Crippen LogP contribution in [0.15, 0.2) is 36.4 Å². The van der Waals surface area contributed by atoms with Gasteiger partial charge in [-0.25, -0.2) is 4.79 Å². The minimum atomic E-state index is -1.06. The van der Waals surface area contributed by atoms with Gasteiger partial charge in [-0.1, -0.05) is 29.3 Å². The number of carbonyl (C=O) groups is 1. The molecule has 0 aromatic heterocycles. The van der Waals surface area contributed by atoms with E-state index in [-0.39, 0.29) is 5.75 Å². The molecule has 0 saturated heterocycles. The van der Waals surface area contributed by atoms with Crippen molar-refractivity contribution in [3.05, 3.63) is 57.6 Å². The first-order chi connectivity index (χ1) is 9.95. The Balaban J connectivity index is 2.29. The van der Waals surface area contributed by atoms with Crippen LogP contribution < -0.4 is 4.74 Å². The van der Waals surface area contributed by atoms with Crippen molar-refractivity contribution in [3.8, 4) is 11.5 Å². The van der Waals surface area contributed by atoms with E-state index in [9.17, 15) is 9.90 Å². The number of hydrogen-bond acceptors (Lipinski definition) is 3. The molecule has 21 heavy (non-hydrogen) atoms. The van der Waals surface area contributed by atoms with Crippen LogP contribution in [0.5, 0.6) is 11.5 Å². The number of aliphatic carboxylic acids is 1. The first-order valence-corrected chi connectivity index (χ1v) is 6.81. The molecule has 0 aliphatic rings. The summed E-state index contributed by atoms with van der Waals surface area (Å²) < 4.78 is 5.22. The molecular formula is C15H12Cl2O4. The Kier molecular flexibility index (Phi) is 4.94. The summed E-state index contributed by atoms with van der Waals surface area (Å²) in [5, 5.41) is 19.5. The number of halogens is 2. The van der Waals surface area contributed by atoms with Gasteiger partial charge in [0.1, 0.15) is 11.5 Å². The summed E-state index contributed by atoms with van der Waals surface area (Å²) in [7, 11) is 0. The zero-order valence-electron chi connectivity index (χ0n) is 10.8. The molecule has 0 saturated carbocycles. The van der Waals surface area contributed by atoms with Crippen molar-refractivity contribution < 1.29 is 19.7 Å². The predicted molar refractivity (Wildman–Crippen MR) is 80.5 cm³/mol. The maximum Gasteiger partial charge on any atom is 0.341 e. The highest BCUT2D eigenvalue weighted by Crippen LogP contribution is 2.29. The van der Waals surface area contributed by atoms with Crippen molar-refractivity contribution in [2.75, 3.05) is 6.61 Å². The molecule has 0 bridgehead atoms. The van der Waals surface area contributed by atoms with Gasteiger partial charge < -0.3 is 14.9 Å². The van der Waals surface area contributed by atoms with Crippen LogP contribution >= 0.6 is 23.2 Å². The van der Waals surface area contributed by atoms with Gasteiger partial charge in [0, 0.05) is 22.0 Å². The normalized spacial score (nSPS) is 10.4. The fraction of sp³-hybridized carbons (Fsp3) is 0.133. The smallest absolute Gasteiger partial charge is 0.341 e. The molecule has 0 aliphatic heterocycles. The molecule has 4 nitrogen and oxygen atoms in total. The Bertz CT molecular complexity index is 671. The molecule has 0 atom stereocenters. The van der Waals surface area contributed by atoms with Crippen molar-refractivity contribution in [2.45, 2.75) is 6.42 Å². The van der Waals surface area contributed by atoms with Gasteiger partial charge in [0.2, 0.25) is 0 Å². The Hall–Kier alpha value is -1.91. The molecule has 0 amide bonds. The zero-order valence-corrected chi connectivity index (χ0v) is 12.4. The van der Waals surface area contributed by atoms with E-state index in [0.717, 1.165) is 0 Å². The first-order valence-electron chi connectivity index (χ1n) is 6.06. The fourth-order valence-electron chi connectivity index (χ4n) is 1.86. The minimum absolute atomic E-state index is 0.0617. The third-order valence-electron chi connectivity index (χ3n) is 2.80. The van der Waals surface area contributed by atoms with Crippen molar-refractivity contribution in [1.82, 2.24) is 0 Å². The highest BCUT2D eigenvalue weighted by molar-refractivity contribution is 6.31. The molecule has 2 aromatic rings. The number of benzene rings is 2. The standard InChI is InChI=1S/C15H12Cl2O4/c16-11-3-4-14(21-8-15(19)20)10(6-11)5-9-1-2-12(17)7-13(9)18/h1-4,6-7,18H,5,8H2,(H,19,20). The van der Waals surface area contributed by atoms with Crippen LogP contribution in [0.2, 0.25) is 10.0 Å². The molecule has 0 unspecified atom stereocenters. The van der Waals surface area contributed by atoms with E-state index in [1.807, 2.05) is 0 Å². The summed E-state index contributed by atoms with van der Waals surface area (Å²) in [5.74, 6) is -0.590. The maximum absolute atomic E-state index is 10.6. The zero-order chi connectivity index (χ0) is 15.4. The van der Waals surface area contributed by atoms with Crippen molar-refractivity contribution >= 4 is 29.2 Å². The Morgan fingerprint density at radius 2 is 1.71 bits per heavy atom. The van der Waals surface area contributed by atoms with E-state index >= 15 is 0 Å². The topological polar surface area (TPSA) is 66.8 Å². The molecule has 6 heteroatoms. The van der Waals surface area contributed by atoms with Gasteiger partial charge in [-0.15, -0.1) is 0 Å². The Morgan fingerprint density at radius 1 is 1.05 bits per heavy atom. The van der Waals surface area contributed by atoms with Crippen molar-refractivity contribution in [3.63, 3.8) is 0 Å². The highest BCUT2D eigenvalue weighted by Gasteiger charge is 2.10. The van der Waals surface area contributed by atoms with Gasteiger partial charge in [-0.2, -0.15) is 0 Å². The van der Waals surface area contributed by atoms with E-state index in [0.29, 0.717) is 33.3 Å². The van der Waals surface area contributed by atoms with Crippen LogP contribution in [0, 0.1) is 0 Å². The van der Waals surface area contributed by atoms with Crippen LogP contribution in [0.25, 0.3) is 0 Å². The highest BCUT2D eigenvalue weighted by atomic mass is 35.5. The average Bonchev–Trinajstić information content (AvgIpc) is 2.41. The van der Waals surface area contributed by atoms with E-state index < -0.39 is 12.6 Å². The second-order valence-corrected chi connectivity index (χ2v) is 5.26. The van der Waals surface area contributed by atoms with E-state index in [4.69, 9.17) is 33.0 Å². The predicted octanol–water partition coefficient (Wildman–Crippen LogP) is 3.75. The number of carboxylic acid groups (broad SMARTS) is 1. The molecule has 110 valence electrons. The van der Waals surface area contributed by atoms with Crippen LogP contribution in [0.4, 0.5) is 0 Å². The molecule has 2 aromatic carbocycles. The van der Waals surface area contributed by atoms with Crippen LogP contribution in [-0.2, 0) is 11.2 Å². The number of carboxylic acids is 1. The van der Waals surface area contributed by atoms with Crippen molar-refractivity contribution in [2.24, 2.45) is 0 Å². The summed E-state index contributed by atoms with van der Waals surface area (Å²) in [4.78, 5) is 10.6. The quantitative estimate of drug-likeness (QED) is 0.878. The van der Waals surface area contributed by atoms with E-state index in [1.54, 1.807) is 30.3 Å². The number of aromatic hydroxyl groups is 1.